The number of ether oxygens (including phenoxy) is 1. The summed E-state index contributed by atoms with van der Waals surface area (Å²) in [6.07, 6.45) is 6.58. The SMILES string of the molecule is CCCC1CCCN(c2ccc(N)c(OC(C)C)n2)CC1. The Kier molecular flexibility index (Phi) is 5.71. The fourth-order valence-electron chi connectivity index (χ4n) is 3.03. The van der Waals surface area contributed by atoms with Crippen LogP contribution in [0, 0.1) is 5.92 Å². The predicted molar refractivity (Wildman–Crippen MR) is 88.9 cm³/mol. The maximum absolute atomic E-state index is 5.95. The van der Waals surface area contributed by atoms with E-state index in [1.54, 1.807) is 0 Å². The smallest absolute Gasteiger partial charge is 0.239 e. The van der Waals surface area contributed by atoms with E-state index in [2.05, 4.69) is 16.8 Å². The van der Waals surface area contributed by atoms with E-state index in [-0.39, 0.29) is 6.10 Å². The average Bonchev–Trinajstić information content (AvgIpc) is 2.67. The van der Waals surface area contributed by atoms with Crippen LogP contribution in [0.25, 0.3) is 0 Å². The van der Waals surface area contributed by atoms with Crippen molar-refractivity contribution in [2.75, 3.05) is 23.7 Å². The number of anilines is 2. The van der Waals surface area contributed by atoms with Crippen LogP contribution in [-0.2, 0) is 0 Å². The third-order valence-electron chi connectivity index (χ3n) is 4.09. The van der Waals surface area contributed by atoms with Gasteiger partial charge in [0.05, 0.1) is 11.8 Å². The van der Waals surface area contributed by atoms with E-state index in [1.807, 2.05) is 26.0 Å². The van der Waals surface area contributed by atoms with Crippen molar-refractivity contribution in [3.05, 3.63) is 12.1 Å². The summed E-state index contributed by atoms with van der Waals surface area (Å²) in [6, 6.07) is 3.93. The number of nitrogen functional groups attached to an aromatic ring is 1. The Morgan fingerprint density at radius 3 is 2.86 bits per heavy atom. The molecule has 1 atom stereocenters. The molecule has 2 rings (SSSR count). The van der Waals surface area contributed by atoms with Crippen LogP contribution in [0.1, 0.15) is 52.9 Å². The van der Waals surface area contributed by atoms with Crippen molar-refractivity contribution in [3.63, 3.8) is 0 Å². The molecule has 4 heteroatoms. The summed E-state index contributed by atoms with van der Waals surface area (Å²) in [5.74, 6) is 2.44. The monoisotopic (exact) mass is 291 g/mol. The third kappa shape index (κ3) is 4.51. The molecule has 1 saturated heterocycles. The van der Waals surface area contributed by atoms with Crippen LogP contribution < -0.4 is 15.4 Å². The quantitative estimate of drug-likeness (QED) is 0.895. The van der Waals surface area contributed by atoms with Crippen LogP contribution in [0.3, 0.4) is 0 Å². The number of hydrogen-bond donors (Lipinski definition) is 1. The molecular weight excluding hydrogens is 262 g/mol. The highest BCUT2D eigenvalue weighted by Crippen LogP contribution is 2.28. The second kappa shape index (κ2) is 7.53. The van der Waals surface area contributed by atoms with Gasteiger partial charge in [0.2, 0.25) is 5.88 Å². The van der Waals surface area contributed by atoms with Gasteiger partial charge in [-0.15, -0.1) is 0 Å². The maximum atomic E-state index is 5.95. The summed E-state index contributed by atoms with van der Waals surface area (Å²) in [5.41, 5.74) is 6.57. The van der Waals surface area contributed by atoms with Crippen LogP contribution in [-0.4, -0.2) is 24.2 Å². The van der Waals surface area contributed by atoms with Gasteiger partial charge in [-0.2, -0.15) is 4.98 Å². The molecule has 1 aliphatic rings. The summed E-state index contributed by atoms with van der Waals surface area (Å²) < 4.78 is 5.70. The Bertz CT molecular complexity index is 448. The molecule has 21 heavy (non-hydrogen) atoms. The molecule has 0 amide bonds. The molecule has 118 valence electrons. The minimum Gasteiger partial charge on any atom is -0.473 e. The van der Waals surface area contributed by atoms with Crippen molar-refractivity contribution >= 4 is 11.5 Å². The van der Waals surface area contributed by atoms with Crippen molar-refractivity contribution in [2.24, 2.45) is 5.92 Å². The van der Waals surface area contributed by atoms with Crippen LogP contribution >= 0.6 is 0 Å². The molecule has 1 unspecified atom stereocenters. The molecule has 0 radical (unpaired) electrons. The Morgan fingerprint density at radius 1 is 1.33 bits per heavy atom. The van der Waals surface area contributed by atoms with E-state index in [0.717, 1.165) is 24.8 Å². The summed E-state index contributed by atoms with van der Waals surface area (Å²) >= 11 is 0. The fourth-order valence-corrected chi connectivity index (χ4v) is 3.03. The standard InChI is InChI=1S/C17H29N3O/c1-4-6-14-7-5-11-20(12-10-14)16-9-8-15(18)17(19-16)21-13(2)3/h8-9,13-14H,4-7,10-12,18H2,1-3H3. The summed E-state index contributed by atoms with van der Waals surface area (Å²) in [4.78, 5) is 7.00. The number of nitrogens with two attached hydrogens (primary N) is 1. The number of pyridine rings is 1. The normalized spacial score (nSPS) is 19.6. The van der Waals surface area contributed by atoms with Gasteiger partial charge in [0, 0.05) is 13.1 Å². The van der Waals surface area contributed by atoms with Gasteiger partial charge in [-0.3, -0.25) is 0 Å². The van der Waals surface area contributed by atoms with Gasteiger partial charge < -0.3 is 15.4 Å². The summed E-state index contributed by atoms with van der Waals surface area (Å²) in [7, 11) is 0. The Labute approximate surface area is 128 Å². The molecule has 2 N–H and O–H groups in total. The van der Waals surface area contributed by atoms with Crippen LogP contribution in [0.4, 0.5) is 11.5 Å². The maximum Gasteiger partial charge on any atom is 0.239 e. The van der Waals surface area contributed by atoms with Gasteiger partial charge >= 0.3 is 0 Å². The highest BCUT2D eigenvalue weighted by atomic mass is 16.5. The molecule has 0 spiro atoms. The Balaban J connectivity index is 2.07. The topological polar surface area (TPSA) is 51.4 Å². The van der Waals surface area contributed by atoms with Gasteiger partial charge in [0.15, 0.2) is 0 Å². The molecule has 1 aromatic heterocycles. The van der Waals surface area contributed by atoms with E-state index in [1.165, 1.54) is 32.1 Å². The lowest BCUT2D eigenvalue weighted by Gasteiger charge is -2.23. The molecular formula is C17H29N3O. The Morgan fingerprint density at radius 2 is 2.14 bits per heavy atom. The first kappa shape index (κ1) is 15.9. The summed E-state index contributed by atoms with van der Waals surface area (Å²) in [5, 5.41) is 0. The minimum absolute atomic E-state index is 0.0909. The van der Waals surface area contributed by atoms with Crippen LogP contribution in [0.2, 0.25) is 0 Å². The highest BCUT2D eigenvalue weighted by Gasteiger charge is 2.18. The lowest BCUT2D eigenvalue weighted by Crippen LogP contribution is -2.25. The molecule has 0 bridgehead atoms. The molecule has 1 aromatic rings. The number of hydrogen-bond acceptors (Lipinski definition) is 4. The zero-order chi connectivity index (χ0) is 15.2. The van der Waals surface area contributed by atoms with Gasteiger partial charge in [-0.1, -0.05) is 19.8 Å². The average molecular weight is 291 g/mol. The largest absolute Gasteiger partial charge is 0.473 e. The first-order valence-corrected chi connectivity index (χ1v) is 8.28. The number of nitrogens with zero attached hydrogens (tertiary/aromatic N) is 2. The molecule has 1 aliphatic heterocycles. The molecule has 1 fully saturated rings. The van der Waals surface area contributed by atoms with Crippen LogP contribution in [0.5, 0.6) is 5.88 Å². The first-order valence-electron chi connectivity index (χ1n) is 8.28. The molecule has 0 saturated carbocycles. The van der Waals surface area contributed by atoms with Gasteiger partial charge in [-0.05, 0) is 51.2 Å². The van der Waals surface area contributed by atoms with Gasteiger partial charge in [0.1, 0.15) is 5.82 Å². The van der Waals surface area contributed by atoms with Crippen molar-refractivity contribution in [3.8, 4) is 5.88 Å². The van der Waals surface area contributed by atoms with Gasteiger partial charge in [-0.25, -0.2) is 0 Å². The van der Waals surface area contributed by atoms with Gasteiger partial charge in [0.25, 0.3) is 0 Å². The zero-order valence-corrected chi connectivity index (χ0v) is 13.6. The predicted octanol–water partition coefficient (Wildman–Crippen LogP) is 3.86. The van der Waals surface area contributed by atoms with E-state index in [4.69, 9.17) is 10.5 Å². The van der Waals surface area contributed by atoms with E-state index in [0.29, 0.717) is 11.6 Å². The first-order chi connectivity index (χ1) is 10.1. The van der Waals surface area contributed by atoms with E-state index in [9.17, 15) is 0 Å². The highest BCUT2D eigenvalue weighted by molar-refractivity contribution is 5.54. The Hall–Kier alpha value is -1.45. The van der Waals surface area contributed by atoms with Crippen LogP contribution in [0.15, 0.2) is 12.1 Å². The minimum atomic E-state index is 0.0909. The lowest BCUT2D eigenvalue weighted by molar-refractivity contribution is 0.234. The van der Waals surface area contributed by atoms with Crippen molar-refractivity contribution < 1.29 is 4.74 Å². The number of rotatable bonds is 5. The van der Waals surface area contributed by atoms with E-state index >= 15 is 0 Å². The lowest BCUT2D eigenvalue weighted by atomic mass is 9.96. The second-order valence-corrected chi connectivity index (χ2v) is 6.30. The molecule has 2 heterocycles. The van der Waals surface area contributed by atoms with Crippen molar-refractivity contribution in [2.45, 2.75) is 59.0 Å². The molecule has 0 aliphatic carbocycles. The zero-order valence-electron chi connectivity index (χ0n) is 13.6. The molecule has 4 nitrogen and oxygen atoms in total. The fraction of sp³-hybridized carbons (Fsp3) is 0.706. The second-order valence-electron chi connectivity index (χ2n) is 6.30. The third-order valence-corrected chi connectivity index (χ3v) is 4.09. The number of aromatic nitrogens is 1. The molecule has 0 aromatic carbocycles. The summed E-state index contributed by atoms with van der Waals surface area (Å²) in [6.45, 7) is 8.44. The van der Waals surface area contributed by atoms with Crippen molar-refractivity contribution in [1.29, 1.82) is 0 Å². The van der Waals surface area contributed by atoms with E-state index < -0.39 is 0 Å². The van der Waals surface area contributed by atoms with Crippen molar-refractivity contribution in [1.82, 2.24) is 4.98 Å².